The summed E-state index contributed by atoms with van der Waals surface area (Å²) >= 11 is 0. The number of nitrogens with one attached hydrogen (secondary N) is 2. The lowest BCUT2D eigenvalue weighted by Gasteiger charge is -2.30. The molecule has 11 heteroatoms. The lowest BCUT2D eigenvalue weighted by atomic mass is 9.76. The molecule has 2 aromatic rings. The van der Waals surface area contributed by atoms with Crippen LogP contribution in [-0.2, 0) is 27.3 Å². The predicted octanol–water partition coefficient (Wildman–Crippen LogP) is -0.101. The first-order valence-electron chi connectivity index (χ1n) is 12.1. The van der Waals surface area contributed by atoms with Crippen molar-refractivity contribution in [3.63, 3.8) is 0 Å². The van der Waals surface area contributed by atoms with Gasteiger partial charge in [-0.15, -0.1) is 0 Å². The van der Waals surface area contributed by atoms with Gasteiger partial charge in [0, 0.05) is 40.2 Å². The first-order chi connectivity index (χ1) is 16.9. The number of benzene rings is 1. The minimum atomic E-state index is -1.74. The molecule has 1 aromatic carbocycles. The molecule has 3 atom stereocenters. The number of aromatic nitrogens is 2. The summed E-state index contributed by atoms with van der Waals surface area (Å²) in [5.41, 5.74) is 0.845. The zero-order valence-corrected chi connectivity index (χ0v) is 19.0. The third-order valence-electron chi connectivity index (χ3n) is 5.93. The second kappa shape index (κ2) is 12.3. The van der Waals surface area contributed by atoms with Crippen molar-refractivity contribution in [3.8, 4) is 0 Å². The van der Waals surface area contributed by atoms with E-state index in [1.165, 1.54) is 4.90 Å². The minimum Gasteiger partial charge on any atom is -0.426 e. The highest BCUT2D eigenvalue weighted by Gasteiger charge is 2.39. The number of carbonyl (C=O) groups is 3. The van der Waals surface area contributed by atoms with Gasteiger partial charge in [-0.05, 0) is 31.2 Å². The third kappa shape index (κ3) is 7.16. The van der Waals surface area contributed by atoms with Gasteiger partial charge in [0.05, 0.1) is 12.3 Å². The molecule has 182 valence electrons. The molecule has 0 radical (unpaired) electrons. The van der Waals surface area contributed by atoms with Gasteiger partial charge in [-0.3, -0.25) is 14.4 Å². The van der Waals surface area contributed by atoms with Crippen LogP contribution in [0, 0.1) is 0 Å². The zero-order valence-electron chi connectivity index (χ0n) is 20.0. The van der Waals surface area contributed by atoms with Crippen molar-refractivity contribution >= 4 is 24.8 Å². The highest BCUT2D eigenvalue weighted by molar-refractivity contribution is 6.43. The summed E-state index contributed by atoms with van der Waals surface area (Å²) in [4.78, 5) is 43.8. The Morgan fingerprint density at radius 3 is 2.74 bits per heavy atom. The summed E-state index contributed by atoms with van der Waals surface area (Å²) in [7, 11) is -1.74. The van der Waals surface area contributed by atoms with Crippen molar-refractivity contribution < 1.29 is 25.8 Å². The average molecular weight is 470 g/mol. The van der Waals surface area contributed by atoms with E-state index < -0.39 is 49.8 Å². The smallest absolute Gasteiger partial charge is 0.426 e. The van der Waals surface area contributed by atoms with Crippen LogP contribution >= 0.6 is 0 Å². The molecule has 1 aromatic heterocycles. The van der Waals surface area contributed by atoms with Gasteiger partial charge in [-0.1, -0.05) is 30.3 Å². The Labute approximate surface area is 200 Å². The van der Waals surface area contributed by atoms with Crippen LogP contribution in [0.4, 0.5) is 0 Å². The van der Waals surface area contributed by atoms with Crippen molar-refractivity contribution in [2.45, 2.75) is 63.6 Å². The number of hydrogen-bond donors (Lipinski definition) is 4. The van der Waals surface area contributed by atoms with E-state index in [0.29, 0.717) is 38.8 Å². The number of carbonyl (C=O) groups excluding carboxylic acids is 3. The number of hydrogen-bond acceptors (Lipinski definition) is 6. The van der Waals surface area contributed by atoms with Crippen LogP contribution in [0.25, 0.3) is 0 Å². The first-order valence-corrected chi connectivity index (χ1v) is 11.4. The number of imidazole rings is 1. The topological polar surface area (TPSA) is 137 Å². The Morgan fingerprint density at radius 1 is 1.26 bits per heavy atom. The molecular formula is C23H32BN5O5. The molecule has 2 heterocycles. The summed E-state index contributed by atoms with van der Waals surface area (Å²) < 4.78 is 9.16. The van der Waals surface area contributed by atoms with Crippen LogP contribution in [0.5, 0.6) is 0 Å². The lowest BCUT2D eigenvalue weighted by molar-refractivity contribution is -0.141. The fourth-order valence-corrected chi connectivity index (χ4v) is 4.23. The maximum absolute atomic E-state index is 13.4. The summed E-state index contributed by atoms with van der Waals surface area (Å²) in [6.45, 7) is 0.466. The second-order valence-corrected chi connectivity index (χ2v) is 8.47. The molecule has 1 aliphatic rings. The Morgan fingerprint density at radius 2 is 2.06 bits per heavy atom. The molecule has 10 nitrogen and oxygen atoms in total. The Balaban J connectivity index is 1.64. The van der Waals surface area contributed by atoms with Gasteiger partial charge in [0.15, 0.2) is 0 Å². The van der Waals surface area contributed by atoms with Gasteiger partial charge < -0.3 is 30.1 Å². The van der Waals surface area contributed by atoms with Gasteiger partial charge in [0.1, 0.15) is 12.1 Å². The molecule has 0 aliphatic carbocycles. The molecular weight excluding hydrogens is 437 g/mol. The summed E-state index contributed by atoms with van der Waals surface area (Å²) in [5.74, 6) is -2.30. The maximum atomic E-state index is 13.4. The summed E-state index contributed by atoms with van der Waals surface area (Å²) in [5, 5.41) is 24.9. The molecule has 3 rings (SSSR count). The molecule has 0 saturated carbocycles. The van der Waals surface area contributed by atoms with Gasteiger partial charge in [0.2, 0.25) is 17.7 Å². The summed E-state index contributed by atoms with van der Waals surface area (Å²) in [6, 6.07) is 7.54. The average Bonchev–Trinajstić information content (AvgIpc) is 3.55. The normalized spacial score (nSPS) is 17.5. The quantitative estimate of drug-likeness (QED) is 0.339. The molecule has 3 amide bonds. The van der Waals surface area contributed by atoms with E-state index in [0.717, 1.165) is 5.56 Å². The van der Waals surface area contributed by atoms with Gasteiger partial charge >= 0.3 is 7.12 Å². The van der Waals surface area contributed by atoms with Crippen molar-refractivity contribution in [3.05, 3.63) is 54.6 Å². The fourth-order valence-electron chi connectivity index (χ4n) is 4.23. The van der Waals surface area contributed by atoms with Crippen molar-refractivity contribution in [1.29, 1.82) is 0 Å². The van der Waals surface area contributed by atoms with Crippen LogP contribution in [0.1, 0.15) is 39.5 Å². The molecule has 1 aliphatic heterocycles. The monoisotopic (exact) mass is 470 g/mol. The van der Waals surface area contributed by atoms with Gasteiger partial charge in [0.25, 0.3) is 0 Å². The molecule has 34 heavy (non-hydrogen) atoms. The van der Waals surface area contributed by atoms with E-state index in [4.69, 9.17) is 1.37 Å². The minimum absolute atomic E-state index is 0.239. The Bertz CT molecular complexity index is 962. The number of amides is 3. The number of nitrogens with zero attached hydrogens (tertiary/aromatic N) is 3. The predicted molar refractivity (Wildman–Crippen MR) is 126 cm³/mol. The van der Waals surface area contributed by atoms with Crippen molar-refractivity contribution in [2.75, 3.05) is 6.54 Å². The van der Waals surface area contributed by atoms with Crippen molar-refractivity contribution in [2.24, 2.45) is 0 Å². The van der Waals surface area contributed by atoms with Crippen LogP contribution in [0.3, 0.4) is 0 Å². The fraction of sp³-hybridized carbons (Fsp3) is 0.478. The lowest BCUT2D eigenvalue weighted by Crippen LogP contribution is -2.56. The number of likely N-dealkylation sites (tertiary alicyclic amines) is 1. The first kappa shape index (κ1) is 24.0. The molecule has 4 N–H and O–H groups in total. The van der Waals surface area contributed by atoms with Gasteiger partial charge in [-0.25, -0.2) is 4.98 Å². The number of aryl methyl sites for hydroxylation is 1. The summed E-state index contributed by atoms with van der Waals surface area (Å²) in [6.07, 6.45) is 7.33. The van der Waals surface area contributed by atoms with E-state index in [9.17, 15) is 24.4 Å². The van der Waals surface area contributed by atoms with Crippen LogP contribution in [0.15, 0.2) is 49.1 Å². The highest BCUT2D eigenvalue weighted by atomic mass is 16.4. The highest BCUT2D eigenvalue weighted by Crippen LogP contribution is 2.20. The third-order valence-corrected chi connectivity index (χ3v) is 5.93. The maximum Gasteiger partial charge on any atom is 0.475 e. The number of rotatable bonds is 11. The van der Waals surface area contributed by atoms with Crippen LogP contribution in [-0.4, -0.2) is 73.9 Å². The SMILES string of the molecule is [2H]CC(=O)N[C@H](Cc1ccccc1)C(=O)N1CCC[C@H]1C(=O)NC(CCCn1ccnc1)B(O)O. The van der Waals surface area contributed by atoms with Crippen LogP contribution in [0.2, 0.25) is 0 Å². The van der Waals surface area contributed by atoms with Crippen molar-refractivity contribution in [1.82, 2.24) is 25.1 Å². The van der Waals surface area contributed by atoms with E-state index in [1.807, 2.05) is 34.9 Å². The molecule has 1 saturated heterocycles. The van der Waals surface area contributed by atoms with E-state index in [2.05, 4.69) is 15.6 Å². The molecule has 0 bridgehead atoms. The molecule has 0 spiro atoms. The standard InChI is InChI=1S/C23H32BN5O5/c1-17(30)26-19(15-18-7-3-2-4-8-18)23(32)29-13-5-9-20(29)22(31)27-21(24(33)34)10-6-12-28-14-11-25-16-28/h2-4,7-8,11,14,16,19-21,33-34H,5-6,9-10,12-13,15H2,1H3,(H,26,30)(H,27,31)/t19-,20+,21?/m1/s1/i1D. The zero-order chi connectivity index (χ0) is 25.2. The Hall–Kier alpha value is -3.18. The van der Waals surface area contributed by atoms with Crippen LogP contribution < -0.4 is 10.6 Å². The molecule has 1 fully saturated rings. The van der Waals surface area contributed by atoms with E-state index in [-0.39, 0.29) is 6.42 Å². The Kier molecular flexibility index (Phi) is 8.69. The van der Waals surface area contributed by atoms with E-state index >= 15 is 0 Å². The molecule has 1 unspecified atom stereocenters. The van der Waals surface area contributed by atoms with Gasteiger partial charge in [-0.2, -0.15) is 0 Å². The second-order valence-electron chi connectivity index (χ2n) is 8.47. The largest absolute Gasteiger partial charge is 0.475 e. The van der Waals surface area contributed by atoms with E-state index in [1.54, 1.807) is 18.7 Å².